The Morgan fingerprint density at radius 3 is 2.14 bits per heavy atom. The lowest BCUT2D eigenvalue weighted by Gasteiger charge is -2.39. The summed E-state index contributed by atoms with van der Waals surface area (Å²) in [4.78, 5) is 0. The smallest absolute Gasteiger partial charge is 0.337 e. The maximum Gasteiger partial charge on any atom is 0.337 e. The van der Waals surface area contributed by atoms with Crippen LogP contribution in [0.3, 0.4) is 0 Å². The van der Waals surface area contributed by atoms with Crippen molar-refractivity contribution in [3.05, 3.63) is 71.8 Å². The molecular formula is C20H24FO7P. The zero-order valence-corrected chi connectivity index (χ0v) is 16.5. The molecule has 9 heteroatoms. The molecule has 1 aliphatic heterocycles. The Bertz CT molecular complexity index is 805. The zero-order valence-electron chi connectivity index (χ0n) is 15.6. The summed E-state index contributed by atoms with van der Waals surface area (Å²) in [6, 6.07) is 17.8. The first kappa shape index (κ1) is 22.1. The van der Waals surface area contributed by atoms with E-state index in [0.717, 1.165) is 5.56 Å². The first-order chi connectivity index (χ1) is 13.9. The van der Waals surface area contributed by atoms with Crippen LogP contribution in [-0.4, -0.2) is 52.7 Å². The lowest BCUT2D eigenvalue weighted by molar-refractivity contribution is -0.263. The minimum Gasteiger partial charge on any atom is -0.394 e. The van der Waals surface area contributed by atoms with Gasteiger partial charge in [0.2, 0.25) is 6.29 Å². The Kier molecular flexibility index (Phi) is 7.54. The molecule has 2 aromatic carbocycles. The van der Waals surface area contributed by atoms with Crippen LogP contribution in [0.2, 0.25) is 0 Å². The molecule has 1 aliphatic rings. The molecule has 0 saturated carbocycles. The van der Waals surface area contributed by atoms with Gasteiger partial charge in [0, 0.05) is 0 Å². The van der Waals surface area contributed by atoms with Crippen molar-refractivity contribution in [1.29, 1.82) is 0 Å². The molecule has 1 unspecified atom stereocenters. The Morgan fingerprint density at radius 1 is 0.966 bits per heavy atom. The second-order valence-electron chi connectivity index (χ2n) is 6.77. The predicted molar refractivity (Wildman–Crippen MR) is 103 cm³/mol. The van der Waals surface area contributed by atoms with Gasteiger partial charge < -0.3 is 24.6 Å². The van der Waals surface area contributed by atoms with E-state index in [4.69, 9.17) is 13.8 Å². The maximum absolute atomic E-state index is 14.5. The fourth-order valence-electron chi connectivity index (χ4n) is 2.96. The van der Waals surface area contributed by atoms with Crippen LogP contribution in [0.4, 0.5) is 4.39 Å². The third-order valence-electron chi connectivity index (χ3n) is 4.56. The highest BCUT2D eigenvalue weighted by Crippen LogP contribution is 2.54. The van der Waals surface area contributed by atoms with Crippen molar-refractivity contribution < 1.29 is 38.1 Å². The molecule has 0 aliphatic carbocycles. The Hall–Kier alpha value is -1.64. The maximum atomic E-state index is 14.5. The van der Waals surface area contributed by atoms with Crippen LogP contribution in [0.15, 0.2) is 60.7 Å². The largest absolute Gasteiger partial charge is 0.394 e. The molecule has 7 nitrogen and oxygen atoms in total. The second kappa shape index (κ2) is 9.91. The van der Waals surface area contributed by atoms with E-state index in [-0.39, 0.29) is 12.8 Å². The summed E-state index contributed by atoms with van der Waals surface area (Å²) in [6.45, 7) is -0.706. The van der Waals surface area contributed by atoms with Crippen LogP contribution in [0, 0.1) is 0 Å². The number of ether oxygens (including phenoxy) is 1. The zero-order chi connectivity index (χ0) is 20.9. The van der Waals surface area contributed by atoms with Gasteiger partial charge in [0.05, 0.1) is 19.4 Å². The van der Waals surface area contributed by atoms with Crippen LogP contribution in [-0.2, 0) is 31.1 Å². The van der Waals surface area contributed by atoms with E-state index in [2.05, 4.69) is 0 Å². The molecule has 29 heavy (non-hydrogen) atoms. The van der Waals surface area contributed by atoms with Crippen molar-refractivity contribution in [3.8, 4) is 0 Å². The van der Waals surface area contributed by atoms with Crippen LogP contribution in [0.5, 0.6) is 0 Å². The van der Waals surface area contributed by atoms with Crippen LogP contribution >= 0.6 is 7.60 Å². The molecule has 0 radical (unpaired) electrons. The highest BCUT2D eigenvalue weighted by molar-refractivity contribution is 7.53. The minimum atomic E-state index is -3.94. The Morgan fingerprint density at radius 2 is 1.55 bits per heavy atom. The third kappa shape index (κ3) is 5.71. The van der Waals surface area contributed by atoms with Crippen molar-refractivity contribution in [2.24, 2.45) is 0 Å². The van der Waals surface area contributed by atoms with Gasteiger partial charge in [-0.3, -0.25) is 9.09 Å². The van der Waals surface area contributed by atoms with Gasteiger partial charge in [0.1, 0.15) is 18.3 Å². The van der Waals surface area contributed by atoms with Gasteiger partial charge in [-0.05, 0) is 11.1 Å². The van der Waals surface area contributed by atoms with Crippen molar-refractivity contribution in [1.82, 2.24) is 0 Å². The highest BCUT2D eigenvalue weighted by atomic mass is 31.2. The van der Waals surface area contributed by atoms with E-state index in [1.54, 1.807) is 54.6 Å². The number of alkyl halides is 1. The molecule has 0 bridgehead atoms. The summed E-state index contributed by atoms with van der Waals surface area (Å²) >= 11 is 0. The lowest BCUT2D eigenvalue weighted by Crippen LogP contribution is -2.57. The number of aliphatic hydroxyl groups excluding tert-OH is 3. The van der Waals surface area contributed by atoms with Crippen LogP contribution in [0.1, 0.15) is 11.1 Å². The molecular weight excluding hydrogens is 402 g/mol. The summed E-state index contributed by atoms with van der Waals surface area (Å²) in [5.74, 6) is 0. The van der Waals surface area contributed by atoms with Gasteiger partial charge >= 0.3 is 7.60 Å². The van der Waals surface area contributed by atoms with Crippen LogP contribution in [0.25, 0.3) is 0 Å². The standard InChI is InChI=1S/C20H24FO7P/c21-17-19(24)18(23)16(11-22)27-20(17)28-29(25,13-15-9-5-2-6-10-15)26-12-14-7-3-1-4-8-14/h1-10,16-20,22-24H,11-13H2/t16-,17-,18-,19-,20+,29?/m1/s1. The number of hydrogen-bond acceptors (Lipinski definition) is 7. The molecule has 3 N–H and O–H groups in total. The second-order valence-corrected chi connectivity index (χ2v) is 8.78. The number of hydrogen-bond donors (Lipinski definition) is 3. The van der Waals surface area contributed by atoms with Crippen molar-refractivity contribution in [3.63, 3.8) is 0 Å². The van der Waals surface area contributed by atoms with Crippen molar-refractivity contribution in [2.75, 3.05) is 6.61 Å². The van der Waals surface area contributed by atoms with Crippen LogP contribution < -0.4 is 0 Å². The topological polar surface area (TPSA) is 105 Å². The first-order valence-corrected chi connectivity index (χ1v) is 10.9. The van der Waals surface area contributed by atoms with Gasteiger partial charge in [0.25, 0.3) is 0 Å². The molecule has 0 spiro atoms. The summed E-state index contributed by atoms with van der Waals surface area (Å²) < 4.78 is 44.2. The van der Waals surface area contributed by atoms with Gasteiger partial charge in [-0.25, -0.2) is 4.39 Å². The number of rotatable bonds is 8. The van der Waals surface area contributed by atoms with Gasteiger partial charge in [0.15, 0.2) is 6.17 Å². The normalized spacial score (nSPS) is 29.3. The Balaban J connectivity index is 1.79. The van der Waals surface area contributed by atoms with E-state index >= 15 is 0 Å². The fourth-order valence-corrected chi connectivity index (χ4v) is 4.67. The van der Waals surface area contributed by atoms with Gasteiger partial charge in [-0.1, -0.05) is 60.7 Å². The van der Waals surface area contributed by atoms with Gasteiger partial charge in [-0.2, -0.15) is 0 Å². The lowest BCUT2D eigenvalue weighted by atomic mass is 10.0. The summed E-state index contributed by atoms with van der Waals surface area (Å²) in [6.07, 6.45) is -8.84. The summed E-state index contributed by atoms with van der Waals surface area (Å²) in [5.41, 5.74) is 1.39. The average Bonchev–Trinajstić information content (AvgIpc) is 2.74. The van der Waals surface area contributed by atoms with E-state index in [1.807, 2.05) is 6.07 Å². The average molecular weight is 426 g/mol. The molecule has 6 atom stereocenters. The van der Waals surface area contributed by atoms with Gasteiger partial charge in [-0.15, -0.1) is 0 Å². The third-order valence-corrected chi connectivity index (χ3v) is 6.36. The predicted octanol–water partition coefficient (Wildman–Crippen LogP) is 2.39. The Labute approximate surface area is 168 Å². The molecule has 1 heterocycles. The molecule has 2 aromatic rings. The molecule has 158 valence electrons. The highest BCUT2D eigenvalue weighted by Gasteiger charge is 2.48. The molecule has 1 fully saturated rings. The molecule has 0 aromatic heterocycles. The summed E-state index contributed by atoms with van der Waals surface area (Å²) in [7, 11) is -3.94. The van der Waals surface area contributed by atoms with Crippen molar-refractivity contribution in [2.45, 2.75) is 43.5 Å². The van der Waals surface area contributed by atoms with Crippen molar-refractivity contribution >= 4 is 7.60 Å². The van der Waals surface area contributed by atoms with E-state index in [9.17, 15) is 24.3 Å². The monoisotopic (exact) mass is 426 g/mol. The van der Waals surface area contributed by atoms with E-state index < -0.39 is 45.0 Å². The SMILES string of the molecule is O=P(Cc1ccccc1)(OCc1ccccc1)O[C@@H]1O[C@H](CO)[C@@H](O)[C@H](O)[C@H]1F. The van der Waals surface area contributed by atoms with E-state index in [1.165, 1.54) is 0 Å². The molecule has 3 rings (SSSR count). The quantitative estimate of drug-likeness (QED) is 0.557. The van der Waals surface area contributed by atoms with E-state index in [0.29, 0.717) is 5.56 Å². The molecule has 0 amide bonds. The minimum absolute atomic E-state index is 0.0385. The number of aliphatic hydroxyl groups is 3. The number of halogens is 1. The number of benzene rings is 2. The molecule has 1 saturated heterocycles. The summed E-state index contributed by atoms with van der Waals surface area (Å²) in [5, 5.41) is 29.0. The first-order valence-electron chi connectivity index (χ1n) is 9.18. The fraction of sp³-hybridized carbons (Fsp3) is 0.400.